The van der Waals surface area contributed by atoms with Gasteiger partial charge in [0.05, 0.1) is 25.8 Å². The monoisotopic (exact) mass is 566 g/mol. The fourth-order valence-corrected chi connectivity index (χ4v) is 5.85. The van der Waals surface area contributed by atoms with Gasteiger partial charge in [-0.15, -0.1) is 5.10 Å². The predicted octanol–water partition coefficient (Wildman–Crippen LogP) is 6.31. The molecule has 3 aromatic carbocycles. The lowest BCUT2D eigenvalue weighted by atomic mass is 10.1. The minimum atomic E-state index is 0.0127. The van der Waals surface area contributed by atoms with E-state index < -0.39 is 0 Å². The Kier molecular flexibility index (Phi) is 6.12. The number of amides is 1. The Morgan fingerprint density at radius 1 is 1.07 bits per heavy atom. The number of hydrogen-bond acceptors (Lipinski definition) is 8. The average molecular weight is 567 g/mol. The quantitative estimate of drug-likeness (QED) is 0.224. The Morgan fingerprint density at radius 3 is 2.78 bits per heavy atom. The second kappa shape index (κ2) is 9.97. The van der Waals surface area contributed by atoms with Crippen molar-refractivity contribution >= 4 is 38.9 Å². The number of carbonyl (C=O) groups excluding carboxylic acids is 1. The van der Waals surface area contributed by atoms with Gasteiger partial charge in [0.1, 0.15) is 29.4 Å². The van der Waals surface area contributed by atoms with Crippen LogP contribution in [0.4, 0.5) is 5.69 Å². The standard InChI is InChI=1S/C31H26N4O5S/c1-18-5-4-6-21(11-18)29(36)34-10-9-20-8-7-19(12-25(20)34)17-39-26-13-22(37-2)14-27-23(26)15-28(40-27)24-16-35-30(32-24)41-31(33-35)38-3/h4-8,11-16H,9-10,17H2,1-3H3. The van der Waals surface area contributed by atoms with Crippen LogP contribution < -0.4 is 19.1 Å². The number of benzene rings is 3. The van der Waals surface area contributed by atoms with Crippen molar-refractivity contribution in [2.24, 2.45) is 0 Å². The zero-order chi connectivity index (χ0) is 28.1. The highest BCUT2D eigenvalue weighted by molar-refractivity contribution is 7.18. The van der Waals surface area contributed by atoms with Crippen LogP contribution in [0.2, 0.25) is 0 Å². The Labute approximate surface area is 239 Å². The molecule has 6 aromatic rings. The maximum atomic E-state index is 13.3. The summed E-state index contributed by atoms with van der Waals surface area (Å²) in [5, 5.41) is 5.69. The summed E-state index contributed by atoms with van der Waals surface area (Å²) in [5.74, 6) is 1.86. The highest BCUT2D eigenvalue weighted by atomic mass is 32.1. The van der Waals surface area contributed by atoms with E-state index in [0.29, 0.717) is 57.4 Å². The van der Waals surface area contributed by atoms with Gasteiger partial charge in [-0.1, -0.05) is 29.8 Å². The molecular weight excluding hydrogens is 540 g/mol. The lowest BCUT2D eigenvalue weighted by Crippen LogP contribution is -2.29. The number of carbonyl (C=O) groups is 1. The average Bonchev–Trinajstić information content (AvgIpc) is 3.76. The molecule has 0 bridgehead atoms. The van der Waals surface area contributed by atoms with E-state index in [9.17, 15) is 4.79 Å². The van der Waals surface area contributed by atoms with Crippen LogP contribution in [0.15, 0.2) is 71.3 Å². The van der Waals surface area contributed by atoms with E-state index in [4.69, 9.17) is 18.6 Å². The molecule has 0 spiro atoms. The summed E-state index contributed by atoms with van der Waals surface area (Å²) in [6.07, 6.45) is 2.63. The van der Waals surface area contributed by atoms with E-state index in [1.54, 1.807) is 24.9 Å². The molecule has 0 atom stereocenters. The van der Waals surface area contributed by atoms with Crippen LogP contribution >= 0.6 is 11.3 Å². The van der Waals surface area contributed by atoms with Crippen molar-refractivity contribution in [3.05, 3.63) is 89.1 Å². The Morgan fingerprint density at radius 2 is 1.98 bits per heavy atom. The summed E-state index contributed by atoms with van der Waals surface area (Å²) in [6.45, 7) is 2.97. The molecule has 4 heterocycles. The topological polar surface area (TPSA) is 91.3 Å². The van der Waals surface area contributed by atoms with Gasteiger partial charge in [-0.3, -0.25) is 4.79 Å². The zero-order valence-electron chi connectivity index (χ0n) is 22.7. The minimum absolute atomic E-state index is 0.0127. The summed E-state index contributed by atoms with van der Waals surface area (Å²) in [4.78, 5) is 20.5. The van der Waals surface area contributed by atoms with Gasteiger partial charge >= 0.3 is 0 Å². The van der Waals surface area contributed by atoms with Crippen LogP contribution in [0, 0.1) is 6.92 Å². The number of aryl methyl sites for hydroxylation is 1. The van der Waals surface area contributed by atoms with E-state index in [1.807, 2.05) is 60.4 Å². The normalized spacial score (nSPS) is 12.7. The van der Waals surface area contributed by atoms with Gasteiger partial charge in [-0.25, -0.2) is 9.50 Å². The van der Waals surface area contributed by atoms with Gasteiger partial charge in [-0.2, -0.15) is 0 Å². The van der Waals surface area contributed by atoms with Crippen molar-refractivity contribution < 1.29 is 23.4 Å². The number of ether oxygens (including phenoxy) is 3. The second-order valence-electron chi connectivity index (χ2n) is 9.90. The number of aromatic nitrogens is 3. The third kappa shape index (κ3) is 4.55. The molecule has 10 heteroatoms. The zero-order valence-corrected chi connectivity index (χ0v) is 23.5. The van der Waals surface area contributed by atoms with Crippen molar-refractivity contribution in [3.8, 4) is 28.1 Å². The van der Waals surface area contributed by atoms with Gasteiger partial charge in [0.15, 0.2) is 5.76 Å². The molecule has 1 aliphatic rings. The van der Waals surface area contributed by atoms with Gasteiger partial charge in [0, 0.05) is 29.9 Å². The van der Waals surface area contributed by atoms with Crippen LogP contribution in [0.25, 0.3) is 27.4 Å². The number of hydrogen-bond donors (Lipinski definition) is 0. The summed E-state index contributed by atoms with van der Waals surface area (Å²) < 4.78 is 24.9. The first-order valence-electron chi connectivity index (χ1n) is 13.1. The minimum Gasteiger partial charge on any atom is -0.496 e. The highest BCUT2D eigenvalue weighted by Gasteiger charge is 2.26. The third-order valence-electron chi connectivity index (χ3n) is 7.21. The van der Waals surface area contributed by atoms with Crippen LogP contribution in [0.1, 0.15) is 27.0 Å². The number of furan rings is 1. The molecule has 0 aliphatic carbocycles. The van der Waals surface area contributed by atoms with E-state index >= 15 is 0 Å². The first kappa shape index (κ1) is 25.2. The molecule has 0 fully saturated rings. The number of rotatable bonds is 7. The van der Waals surface area contributed by atoms with E-state index in [2.05, 4.69) is 22.2 Å². The number of imidazole rings is 1. The van der Waals surface area contributed by atoms with Crippen LogP contribution in [0.3, 0.4) is 0 Å². The molecular formula is C31H26N4O5S. The summed E-state index contributed by atoms with van der Waals surface area (Å²) >= 11 is 1.35. The molecule has 9 nitrogen and oxygen atoms in total. The third-order valence-corrected chi connectivity index (χ3v) is 8.09. The molecule has 1 aliphatic heterocycles. The Bertz CT molecular complexity index is 1910. The number of anilines is 1. The van der Waals surface area contributed by atoms with Crippen molar-refractivity contribution in [2.75, 3.05) is 25.7 Å². The smallest absolute Gasteiger partial charge is 0.294 e. The van der Waals surface area contributed by atoms with Gasteiger partial charge in [0.2, 0.25) is 4.96 Å². The van der Waals surface area contributed by atoms with Crippen molar-refractivity contribution in [1.29, 1.82) is 0 Å². The van der Waals surface area contributed by atoms with E-state index in [1.165, 1.54) is 11.3 Å². The number of fused-ring (bicyclic) bond motifs is 3. The highest BCUT2D eigenvalue weighted by Crippen LogP contribution is 2.38. The number of nitrogens with zero attached hydrogens (tertiary/aromatic N) is 4. The molecule has 0 N–H and O–H groups in total. The fourth-order valence-electron chi connectivity index (χ4n) is 5.15. The fraction of sp³-hybridized carbons (Fsp3) is 0.194. The lowest BCUT2D eigenvalue weighted by molar-refractivity contribution is 0.0989. The van der Waals surface area contributed by atoms with Gasteiger partial charge < -0.3 is 23.5 Å². The van der Waals surface area contributed by atoms with Gasteiger partial charge in [-0.05, 0) is 60.1 Å². The summed E-state index contributed by atoms with van der Waals surface area (Å²) in [6, 6.07) is 19.5. The molecule has 1 amide bonds. The maximum absolute atomic E-state index is 13.3. The molecule has 0 saturated heterocycles. The van der Waals surface area contributed by atoms with Crippen LogP contribution in [0.5, 0.6) is 16.7 Å². The largest absolute Gasteiger partial charge is 0.496 e. The van der Waals surface area contributed by atoms with Crippen molar-refractivity contribution in [1.82, 2.24) is 14.6 Å². The first-order valence-corrected chi connectivity index (χ1v) is 14.0. The van der Waals surface area contributed by atoms with Gasteiger partial charge in [0.25, 0.3) is 11.1 Å². The summed E-state index contributed by atoms with van der Waals surface area (Å²) in [5.41, 5.74) is 6.09. The molecule has 206 valence electrons. The maximum Gasteiger partial charge on any atom is 0.294 e. The lowest BCUT2D eigenvalue weighted by Gasteiger charge is -2.18. The van der Waals surface area contributed by atoms with Crippen molar-refractivity contribution in [2.45, 2.75) is 20.0 Å². The second-order valence-corrected chi connectivity index (χ2v) is 10.8. The van der Waals surface area contributed by atoms with Crippen LogP contribution in [-0.4, -0.2) is 41.3 Å². The van der Waals surface area contributed by atoms with Crippen LogP contribution in [-0.2, 0) is 13.0 Å². The first-order chi connectivity index (χ1) is 20.0. The molecule has 3 aromatic heterocycles. The molecule has 0 unspecified atom stereocenters. The molecule has 41 heavy (non-hydrogen) atoms. The molecule has 0 saturated carbocycles. The van der Waals surface area contributed by atoms with E-state index in [-0.39, 0.29) is 5.91 Å². The SMILES string of the molecule is COc1cc(OCc2ccc3c(c2)N(C(=O)c2cccc(C)c2)CC3)c2cc(-c3cn4nc(OC)sc4n3)oc2c1. The van der Waals surface area contributed by atoms with E-state index in [0.717, 1.165) is 34.2 Å². The Hall–Kier alpha value is -4.83. The Balaban J connectivity index is 1.16. The molecule has 7 rings (SSSR count). The summed E-state index contributed by atoms with van der Waals surface area (Å²) in [7, 11) is 3.19. The number of methoxy groups -OCH3 is 2. The predicted molar refractivity (Wildman–Crippen MR) is 157 cm³/mol. The van der Waals surface area contributed by atoms with Crippen molar-refractivity contribution in [3.63, 3.8) is 0 Å². The molecule has 0 radical (unpaired) electrons.